The number of likely N-dealkylation sites (N-methyl/N-ethyl adjacent to an activating group) is 1. The van der Waals surface area contributed by atoms with Crippen molar-refractivity contribution in [1.29, 1.82) is 0 Å². The third kappa shape index (κ3) is 3.99. The summed E-state index contributed by atoms with van der Waals surface area (Å²) in [5.41, 5.74) is 4.37. The van der Waals surface area contributed by atoms with Gasteiger partial charge < -0.3 is 19.1 Å². The van der Waals surface area contributed by atoms with E-state index in [9.17, 15) is 4.57 Å². The summed E-state index contributed by atoms with van der Waals surface area (Å²) in [4.78, 5) is 8.40. The molecule has 1 N–H and O–H groups in total. The molecule has 3 aromatic carbocycles. The predicted octanol–water partition coefficient (Wildman–Crippen LogP) is 5.35. The van der Waals surface area contributed by atoms with Crippen LogP contribution in [0.3, 0.4) is 0 Å². The molecule has 4 aromatic rings. The first kappa shape index (κ1) is 23.7. The number of aromatic nitrogens is 2. The molecule has 1 aromatic heterocycles. The first-order chi connectivity index (χ1) is 17.7. The third-order valence-electron chi connectivity index (χ3n) is 7.31. The van der Waals surface area contributed by atoms with Crippen LogP contribution in [-0.2, 0) is 4.57 Å². The highest BCUT2D eigenvalue weighted by atomic mass is 31.2. The van der Waals surface area contributed by atoms with E-state index >= 15 is 4.39 Å². The summed E-state index contributed by atoms with van der Waals surface area (Å²) in [6.45, 7) is 14.4. The van der Waals surface area contributed by atoms with Crippen molar-refractivity contribution in [2.24, 2.45) is 0 Å². The van der Waals surface area contributed by atoms with Crippen molar-refractivity contribution in [3.8, 4) is 28.1 Å². The lowest BCUT2D eigenvalue weighted by Crippen LogP contribution is -2.56. The molecule has 0 radical (unpaired) electrons. The van der Waals surface area contributed by atoms with Gasteiger partial charge in [-0.25, -0.2) is 9.24 Å². The first-order valence-corrected chi connectivity index (χ1v) is 14.8. The molecule has 1 fully saturated rings. The van der Waals surface area contributed by atoms with Crippen LogP contribution in [-0.4, -0.2) is 67.8 Å². The molecule has 0 spiro atoms. The van der Waals surface area contributed by atoms with Crippen LogP contribution in [0.15, 0.2) is 48.5 Å². The van der Waals surface area contributed by atoms with Crippen molar-refractivity contribution in [2.75, 3.05) is 51.5 Å². The zero-order valence-corrected chi connectivity index (χ0v) is 21.8. The van der Waals surface area contributed by atoms with Crippen molar-refractivity contribution < 1.29 is 13.7 Å². The lowest BCUT2D eigenvalue weighted by Gasteiger charge is -2.44. The Labute approximate surface area is 215 Å². The third-order valence-corrected chi connectivity index (χ3v) is 8.81. The van der Waals surface area contributed by atoms with Gasteiger partial charge in [0.1, 0.15) is 25.3 Å². The van der Waals surface area contributed by atoms with Crippen LogP contribution in [0.5, 0.6) is 5.75 Å². The van der Waals surface area contributed by atoms with E-state index in [1.54, 1.807) is 43.7 Å². The molecule has 1 saturated heterocycles. The number of halogens is 1. The molecule has 1 unspecified atom stereocenters. The van der Waals surface area contributed by atoms with Crippen molar-refractivity contribution in [3.63, 3.8) is 0 Å². The number of benzene rings is 3. The van der Waals surface area contributed by atoms with Crippen molar-refractivity contribution in [3.05, 3.63) is 65.8 Å². The van der Waals surface area contributed by atoms with Gasteiger partial charge in [0.2, 0.25) is 0 Å². The number of aromatic amines is 1. The average Bonchev–Trinajstić information content (AvgIpc) is 3.29. The zero-order chi connectivity index (χ0) is 25.9. The van der Waals surface area contributed by atoms with Gasteiger partial charge in [-0.05, 0) is 50.2 Å². The fraction of sp³-hybridized carbons (Fsp3) is 0.286. The molecule has 188 valence electrons. The monoisotopic (exact) mass is 515 g/mol. The molecule has 0 bridgehead atoms. The number of hydrogen-bond donors (Lipinski definition) is 1. The minimum atomic E-state index is -2.84. The number of ether oxygens (including phenoxy) is 1. The molecular weight excluding hydrogens is 488 g/mol. The SMILES string of the molecule is [C-]#[N+]c1cc2[nH]nc(-c3ccc4c(c3)OCC3CN(C)CCN43)c2cc1-c1cccc(P(C)(C)=O)c1F. The highest BCUT2D eigenvalue weighted by molar-refractivity contribution is 7.70. The van der Waals surface area contributed by atoms with Crippen LogP contribution in [0.25, 0.3) is 38.1 Å². The second-order valence-corrected chi connectivity index (χ2v) is 13.4. The van der Waals surface area contributed by atoms with Crippen LogP contribution in [0.4, 0.5) is 15.8 Å². The fourth-order valence-electron chi connectivity index (χ4n) is 5.40. The van der Waals surface area contributed by atoms with E-state index in [0.717, 1.165) is 42.0 Å². The van der Waals surface area contributed by atoms with E-state index in [-0.39, 0.29) is 10.9 Å². The topological polar surface area (TPSA) is 65.8 Å². The van der Waals surface area contributed by atoms with Gasteiger partial charge in [-0.15, -0.1) is 0 Å². The average molecular weight is 516 g/mol. The van der Waals surface area contributed by atoms with Gasteiger partial charge in [-0.2, -0.15) is 5.10 Å². The molecule has 2 aliphatic rings. The van der Waals surface area contributed by atoms with Gasteiger partial charge in [0, 0.05) is 41.5 Å². The van der Waals surface area contributed by atoms with Crippen LogP contribution >= 0.6 is 7.14 Å². The van der Waals surface area contributed by atoms with Crippen molar-refractivity contribution in [2.45, 2.75) is 6.04 Å². The summed E-state index contributed by atoms with van der Waals surface area (Å²) >= 11 is 0. The smallest absolute Gasteiger partial charge is 0.197 e. The first-order valence-electron chi connectivity index (χ1n) is 12.2. The van der Waals surface area contributed by atoms with Gasteiger partial charge in [0.15, 0.2) is 5.69 Å². The molecule has 7 nitrogen and oxygen atoms in total. The maximum Gasteiger partial charge on any atom is 0.197 e. The Hall–Kier alpha value is -3.66. The van der Waals surface area contributed by atoms with Crippen molar-refractivity contribution in [1.82, 2.24) is 15.1 Å². The van der Waals surface area contributed by atoms with E-state index in [1.807, 2.05) is 12.1 Å². The highest BCUT2D eigenvalue weighted by Crippen LogP contribution is 2.43. The molecule has 3 heterocycles. The molecule has 0 amide bonds. The summed E-state index contributed by atoms with van der Waals surface area (Å²) < 4.78 is 34.4. The van der Waals surface area contributed by atoms with E-state index in [0.29, 0.717) is 35.1 Å². The Morgan fingerprint density at radius 3 is 2.78 bits per heavy atom. The van der Waals surface area contributed by atoms with E-state index < -0.39 is 13.0 Å². The Morgan fingerprint density at radius 2 is 2.00 bits per heavy atom. The Balaban J connectivity index is 1.46. The zero-order valence-electron chi connectivity index (χ0n) is 21.0. The number of hydrogen-bond acceptors (Lipinski definition) is 5. The van der Waals surface area contributed by atoms with Crippen LogP contribution in [0, 0.1) is 12.4 Å². The minimum absolute atomic E-state index is 0.183. The van der Waals surface area contributed by atoms with E-state index in [1.165, 1.54) is 0 Å². The van der Waals surface area contributed by atoms with Gasteiger partial charge in [0.05, 0.1) is 29.5 Å². The molecule has 2 aliphatic heterocycles. The molecule has 9 heteroatoms. The number of nitrogens with zero attached hydrogens (tertiary/aromatic N) is 4. The predicted molar refractivity (Wildman–Crippen MR) is 146 cm³/mol. The second-order valence-electron chi connectivity index (χ2n) is 10.2. The Bertz CT molecular complexity index is 1640. The van der Waals surface area contributed by atoms with Gasteiger partial charge in [-0.3, -0.25) is 5.10 Å². The minimum Gasteiger partial charge on any atom is -0.489 e. The number of H-pyrrole nitrogens is 1. The van der Waals surface area contributed by atoms with Crippen LogP contribution < -0.4 is 14.9 Å². The lowest BCUT2D eigenvalue weighted by molar-refractivity contribution is 0.188. The highest BCUT2D eigenvalue weighted by Gasteiger charge is 2.32. The quantitative estimate of drug-likeness (QED) is 0.295. The number of piperazine rings is 1. The standard InChI is InChI=1S/C28H27FN5O2P/c1-30-22-14-23-21(13-20(22)19-6-5-7-26(27(19)29)37(3,4)35)28(32-31-23)17-8-9-24-25(12-17)36-16-18-15-33(2)10-11-34(18)24/h5-9,12-14,18H,10-11,15-16H2,2-4H3,(H,31,32). The van der Waals surface area contributed by atoms with Gasteiger partial charge in [0.25, 0.3) is 0 Å². The molecule has 1 atom stereocenters. The number of rotatable bonds is 3. The Morgan fingerprint density at radius 1 is 1.16 bits per heavy atom. The molecule has 0 saturated carbocycles. The van der Waals surface area contributed by atoms with Crippen LogP contribution in [0.1, 0.15) is 0 Å². The summed E-state index contributed by atoms with van der Waals surface area (Å²) in [7, 11) is -0.701. The Kier molecular flexibility index (Phi) is 5.59. The van der Waals surface area contributed by atoms with Gasteiger partial charge >= 0.3 is 0 Å². The summed E-state index contributed by atoms with van der Waals surface area (Å²) in [6, 6.07) is 14.8. The number of fused-ring (bicyclic) bond motifs is 4. The fourth-order valence-corrected chi connectivity index (χ4v) is 6.43. The van der Waals surface area contributed by atoms with Gasteiger partial charge in [-0.1, -0.05) is 24.3 Å². The molecule has 6 rings (SSSR count). The van der Waals surface area contributed by atoms with Crippen molar-refractivity contribution >= 4 is 34.7 Å². The molecule has 37 heavy (non-hydrogen) atoms. The maximum absolute atomic E-state index is 15.5. The maximum atomic E-state index is 15.5. The molecule has 0 aliphatic carbocycles. The lowest BCUT2D eigenvalue weighted by atomic mass is 9.98. The summed E-state index contributed by atoms with van der Waals surface area (Å²) in [5.74, 6) is 0.280. The van der Waals surface area contributed by atoms with E-state index in [2.05, 4.69) is 38.0 Å². The second kappa shape index (κ2) is 8.72. The normalized spacial score (nSPS) is 17.7. The number of nitrogens with one attached hydrogen (secondary N) is 1. The van der Waals surface area contributed by atoms with E-state index in [4.69, 9.17) is 11.3 Å². The largest absolute Gasteiger partial charge is 0.489 e. The number of anilines is 1. The molecular formula is C28H27FN5O2P. The summed E-state index contributed by atoms with van der Waals surface area (Å²) in [6.07, 6.45) is 0. The van der Waals surface area contributed by atoms with Crippen LogP contribution in [0.2, 0.25) is 0 Å². The summed E-state index contributed by atoms with van der Waals surface area (Å²) in [5, 5.41) is 8.54.